The first-order valence-corrected chi connectivity index (χ1v) is 7.65. The molecule has 0 aliphatic carbocycles. The first-order chi connectivity index (χ1) is 10.1. The van der Waals surface area contributed by atoms with Gasteiger partial charge in [0.1, 0.15) is 6.61 Å². The van der Waals surface area contributed by atoms with E-state index in [1.54, 1.807) is 6.92 Å². The minimum atomic E-state index is -0.649. The van der Waals surface area contributed by atoms with Gasteiger partial charge in [0.15, 0.2) is 17.4 Å². The van der Waals surface area contributed by atoms with Gasteiger partial charge in [0.05, 0.1) is 0 Å². The normalized spacial score (nSPS) is 17.7. The molecule has 21 heavy (non-hydrogen) atoms. The van der Waals surface area contributed by atoms with Gasteiger partial charge in [-0.25, -0.2) is 8.78 Å². The number of piperidine rings is 1. The van der Waals surface area contributed by atoms with Crippen molar-refractivity contribution in [3.8, 4) is 5.75 Å². The molecule has 0 bridgehead atoms. The Kier molecular flexibility index (Phi) is 5.94. The van der Waals surface area contributed by atoms with Gasteiger partial charge in [-0.2, -0.15) is 0 Å². The van der Waals surface area contributed by atoms with E-state index in [0.29, 0.717) is 25.1 Å². The van der Waals surface area contributed by atoms with Crippen LogP contribution in [-0.4, -0.2) is 37.2 Å². The Labute approximate surface area is 125 Å². The molecule has 1 unspecified atom stereocenters. The number of benzene rings is 1. The Morgan fingerprint density at radius 2 is 1.81 bits per heavy atom. The van der Waals surface area contributed by atoms with Crippen LogP contribution in [0.1, 0.15) is 31.7 Å². The number of likely N-dealkylation sites (tertiary alicyclic amines) is 1. The Morgan fingerprint density at radius 1 is 1.19 bits per heavy atom. The standard InChI is InChI=1S/C16H24F2N2O/c1-12(19)9-13-10-14(17)16(15(18)11-13)21-8-7-20-5-3-2-4-6-20/h10-12H,2-9,19H2,1H3. The van der Waals surface area contributed by atoms with Crippen molar-refractivity contribution in [1.82, 2.24) is 4.90 Å². The van der Waals surface area contributed by atoms with Crippen LogP contribution in [0, 0.1) is 11.6 Å². The highest BCUT2D eigenvalue weighted by atomic mass is 19.1. The second-order valence-electron chi connectivity index (χ2n) is 5.82. The van der Waals surface area contributed by atoms with Crippen molar-refractivity contribution in [2.45, 2.75) is 38.6 Å². The number of hydrogen-bond donors (Lipinski definition) is 1. The molecular formula is C16H24F2N2O. The molecule has 0 spiro atoms. The molecule has 1 aliphatic heterocycles. The molecule has 1 aromatic carbocycles. The van der Waals surface area contributed by atoms with Crippen molar-refractivity contribution in [2.75, 3.05) is 26.2 Å². The summed E-state index contributed by atoms with van der Waals surface area (Å²) in [6.45, 7) is 4.91. The number of halogens is 2. The molecule has 2 N–H and O–H groups in total. The lowest BCUT2D eigenvalue weighted by atomic mass is 10.1. The molecule has 1 atom stereocenters. The summed E-state index contributed by atoms with van der Waals surface area (Å²) in [5.74, 6) is -1.57. The predicted octanol–water partition coefficient (Wildman–Crippen LogP) is 2.72. The van der Waals surface area contributed by atoms with Crippen LogP contribution in [0.5, 0.6) is 5.75 Å². The fraction of sp³-hybridized carbons (Fsp3) is 0.625. The highest BCUT2D eigenvalue weighted by molar-refractivity contribution is 5.31. The summed E-state index contributed by atoms with van der Waals surface area (Å²) in [6, 6.07) is 2.49. The van der Waals surface area contributed by atoms with Gasteiger partial charge in [-0.1, -0.05) is 6.42 Å². The van der Waals surface area contributed by atoms with Gasteiger partial charge in [0.25, 0.3) is 0 Å². The van der Waals surface area contributed by atoms with E-state index in [1.807, 2.05) is 0 Å². The molecule has 1 aliphatic rings. The predicted molar refractivity (Wildman–Crippen MR) is 79.5 cm³/mol. The molecule has 1 saturated heterocycles. The first-order valence-electron chi connectivity index (χ1n) is 7.65. The summed E-state index contributed by atoms with van der Waals surface area (Å²) < 4.78 is 33.1. The number of ether oxygens (including phenoxy) is 1. The molecule has 1 aromatic rings. The van der Waals surface area contributed by atoms with Crippen molar-refractivity contribution in [3.05, 3.63) is 29.3 Å². The van der Waals surface area contributed by atoms with Gasteiger partial charge in [0, 0.05) is 12.6 Å². The van der Waals surface area contributed by atoms with Crippen LogP contribution in [0.4, 0.5) is 8.78 Å². The minimum absolute atomic E-state index is 0.130. The molecular weight excluding hydrogens is 274 g/mol. The highest BCUT2D eigenvalue weighted by Crippen LogP contribution is 2.24. The number of nitrogens with two attached hydrogens (primary N) is 1. The average Bonchev–Trinajstić information content (AvgIpc) is 2.42. The topological polar surface area (TPSA) is 38.5 Å². The maximum atomic E-state index is 13.9. The van der Waals surface area contributed by atoms with E-state index in [-0.39, 0.29) is 11.8 Å². The SMILES string of the molecule is CC(N)Cc1cc(F)c(OCCN2CCCCC2)c(F)c1. The summed E-state index contributed by atoms with van der Waals surface area (Å²) in [5.41, 5.74) is 6.20. The van der Waals surface area contributed by atoms with Crippen LogP contribution in [0.25, 0.3) is 0 Å². The van der Waals surface area contributed by atoms with E-state index in [9.17, 15) is 8.78 Å². The number of hydrogen-bond acceptors (Lipinski definition) is 3. The third-order valence-corrected chi connectivity index (χ3v) is 3.72. The third-order valence-electron chi connectivity index (χ3n) is 3.72. The number of rotatable bonds is 6. The third kappa shape index (κ3) is 4.93. The lowest BCUT2D eigenvalue weighted by molar-refractivity contribution is 0.177. The lowest BCUT2D eigenvalue weighted by Crippen LogP contribution is -2.33. The monoisotopic (exact) mass is 298 g/mol. The van der Waals surface area contributed by atoms with Gasteiger partial charge in [-0.15, -0.1) is 0 Å². The lowest BCUT2D eigenvalue weighted by Gasteiger charge is -2.26. The Bertz CT molecular complexity index is 437. The molecule has 0 radical (unpaired) electrons. The van der Waals surface area contributed by atoms with Gasteiger partial charge in [0.2, 0.25) is 0 Å². The zero-order chi connectivity index (χ0) is 15.2. The van der Waals surface area contributed by atoms with E-state index in [2.05, 4.69) is 4.90 Å². The van der Waals surface area contributed by atoms with Crippen molar-refractivity contribution >= 4 is 0 Å². The van der Waals surface area contributed by atoms with Crippen LogP contribution < -0.4 is 10.5 Å². The van der Waals surface area contributed by atoms with Gasteiger partial charge in [-0.3, -0.25) is 4.90 Å². The van der Waals surface area contributed by atoms with Crippen LogP contribution in [0.2, 0.25) is 0 Å². The van der Waals surface area contributed by atoms with Crippen molar-refractivity contribution in [1.29, 1.82) is 0 Å². The molecule has 0 aromatic heterocycles. The van der Waals surface area contributed by atoms with E-state index in [0.717, 1.165) is 13.1 Å². The quantitative estimate of drug-likeness (QED) is 0.877. The van der Waals surface area contributed by atoms with Crippen LogP contribution in [0.15, 0.2) is 12.1 Å². The van der Waals surface area contributed by atoms with E-state index in [1.165, 1.54) is 31.4 Å². The fourth-order valence-corrected chi connectivity index (χ4v) is 2.70. The maximum absolute atomic E-state index is 13.9. The highest BCUT2D eigenvalue weighted by Gasteiger charge is 2.15. The molecule has 0 amide bonds. The van der Waals surface area contributed by atoms with Crippen LogP contribution >= 0.6 is 0 Å². The Morgan fingerprint density at radius 3 is 2.38 bits per heavy atom. The Hall–Kier alpha value is -1.20. The second kappa shape index (κ2) is 7.71. The maximum Gasteiger partial charge on any atom is 0.190 e. The first kappa shape index (κ1) is 16.2. The summed E-state index contributed by atoms with van der Waals surface area (Å²) in [5, 5.41) is 0. The number of nitrogens with zero attached hydrogens (tertiary/aromatic N) is 1. The zero-order valence-electron chi connectivity index (χ0n) is 12.6. The summed E-state index contributed by atoms with van der Waals surface area (Å²) in [4.78, 5) is 2.27. The molecule has 118 valence electrons. The molecule has 0 saturated carbocycles. The largest absolute Gasteiger partial charge is 0.486 e. The molecule has 1 heterocycles. The average molecular weight is 298 g/mol. The van der Waals surface area contributed by atoms with Crippen LogP contribution in [-0.2, 0) is 6.42 Å². The van der Waals surface area contributed by atoms with E-state index in [4.69, 9.17) is 10.5 Å². The van der Waals surface area contributed by atoms with Crippen molar-refractivity contribution < 1.29 is 13.5 Å². The van der Waals surface area contributed by atoms with Crippen molar-refractivity contribution in [2.24, 2.45) is 5.73 Å². The smallest absolute Gasteiger partial charge is 0.190 e. The molecule has 3 nitrogen and oxygen atoms in total. The van der Waals surface area contributed by atoms with E-state index >= 15 is 0 Å². The summed E-state index contributed by atoms with van der Waals surface area (Å²) >= 11 is 0. The van der Waals surface area contributed by atoms with Gasteiger partial charge < -0.3 is 10.5 Å². The fourth-order valence-electron chi connectivity index (χ4n) is 2.70. The summed E-state index contributed by atoms with van der Waals surface area (Å²) in [7, 11) is 0. The summed E-state index contributed by atoms with van der Waals surface area (Å²) in [6.07, 6.45) is 4.09. The molecule has 5 heteroatoms. The minimum Gasteiger partial charge on any atom is -0.486 e. The second-order valence-corrected chi connectivity index (χ2v) is 5.82. The zero-order valence-corrected chi connectivity index (χ0v) is 12.6. The Balaban J connectivity index is 1.90. The van der Waals surface area contributed by atoms with Crippen LogP contribution in [0.3, 0.4) is 0 Å². The van der Waals surface area contributed by atoms with Crippen molar-refractivity contribution in [3.63, 3.8) is 0 Å². The van der Waals surface area contributed by atoms with Gasteiger partial charge >= 0.3 is 0 Å². The molecule has 2 rings (SSSR count). The van der Waals surface area contributed by atoms with E-state index < -0.39 is 11.6 Å². The molecule has 1 fully saturated rings. The van der Waals surface area contributed by atoms with Gasteiger partial charge in [-0.05, 0) is 57.0 Å².